The van der Waals surface area contributed by atoms with Crippen LogP contribution in [-0.4, -0.2) is 22.7 Å². The number of thiazole rings is 1. The summed E-state index contributed by atoms with van der Waals surface area (Å²) in [7, 11) is 0. The lowest BCUT2D eigenvalue weighted by Crippen LogP contribution is -2.06. The molecule has 17 heavy (non-hydrogen) atoms. The molecule has 1 aromatic heterocycles. The van der Waals surface area contributed by atoms with Gasteiger partial charge in [-0.2, -0.15) is 0 Å². The molecular weight excluding hydrogens is 238 g/mol. The van der Waals surface area contributed by atoms with Gasteiger partial charge in [-0.1, -0.05) is 30.3 Å². The van der Waals surface area contributed by atoms with Gasteiger partial charge in [-0.15, -0.1) is 11.3 Å². The lowest BCUT2D eigenvalue weighted by Gasteiger charge is -1.97. The van der Waals surface area contributed by atoms with Crippen LogP contribution in [0, 0.1) is 0 Å². The van der Waals surface area contributed by atoms with Crippen molar-refractivity contribution in [3.63, 3.8) is 0 Å². The van der Waals surface area contributed by atoms with Gasteiger partial charge >= 0.3 is 5.97 Å². The van der Waals surface area contributed by atoms with Gasteiger partial charge in [0.05, 0.1) is 12.3 Å². The molecule has 0 spiro atoms. The lowest BCUT2D eigenvalue weighted by atomic mass is 10.2. The Hall–Kier alpha value is -1.72. The Morgan fingerprint density at radius 2 is 2.12 bits per heavy atom. The zero-order chi connectivity index (χ0) is 12.1. The first kappa shape index (κ1) is 11.8. The Labute approximate surface area is 103 Å². The molecule has 1 N–H and O–H groups in total. The minimum Gasteiger partial charge on any atom is -0.480 e. The first-order chi connectivity index (χ1) is 8.25. The van der Waals surface area contributed by atoms with Crippen molar-refractivity contribution < 1.29 is 14.6 Å². The van der Waals surface area contributed by atoms with Gasteiger partial charge in [-0.25, -0.2) is 9.78 Å². The van der Waals surface area contributed by atoms with Gasteiger partial charge in [-0.05, 0) is 0 Å². The molecule has 2 aromatic rings. The molecule has 0 amide bonds. The molecule has 0 saturated heterocycles. The average molecular weight is 249 g/mol. The predicted molar refractivity (Wildman–Crippen MR) is 64.8 cm³/mol. The molecule has 1 aromatic carbocycles. The van der Waals surface area contributed by atoms with Crippen molar-refractivity contribution in [2.24, 2.45) is 0 Å². The Bertz CT molecular complexity index is 495. The highest BCUT2D eigenvalue weighted by Crippen LogP contribution is 2.23. The van der Waals surface area contributed by atoms with E-state index >= 15 is 0 Å². The molecule has 4 nitrogen and oxygen atoms in total. The number of ether oxygens (including phenoxy) is 1. The Morgan fingerprint density at radius 3 is 2.82 bits per heavy atom. The van der Waals surface area contributed by atoms with Crippen LogP contribution < -0.4 is 0 Å². The number of benzene rings is 1. The molecular formula is C12H11NO3S. The zero-order valence-electron chi connectivity index (χ0n) is 9.00. The van der Waals surface area contributed by atoms with Crippen molar-refractivity contribution in [1.29, 1.82) is 0 Å². The van der Waals surface area contributed by atoms with Crippen LogP contribution in [0.2, 0.25) is 0 Å². The van der Waals surface area contributed by atoms with Crippen LogP contribution in [0.5, 0.6) is 0 Å². The fraction of sp³-hybridized carbons (Fsp3) is 0.167. The van der Waals surface area contributed by atoms with E-state index in [0.29, 0.717) is 0 Å². The van der Waals surface area contributed by atoms with Gasteiger partial charge in [0.25, 0.3) is 0 Å². The first-order valence-electron chi connectivity index (χ1n) is 5.05. The number of hydrogen-bond acceptors (Lipinski definition) is 4. The number of rotatable bonds is 5. The third-order valence-corrected chi connectivity index (χ3v) is 2.99. The Morgan fingerprint density at radius 1 is 1.35 bits per heavy atom. The molecule has 0 radical (unpaired) electrons. The number of carbonyl (C=O) groups is 1. The second kappa shape index (κ2) is 5.56. The molecule has 0 unspecified atom stereocenters. The monoisotopic (exact) mass is 249 g/mol. The van der Waals surface area contributed by atoms with Crippen LogP contribution in [0.3, 0.4) is 0 Å². The number of hydrogen-bond donors (Lipinski definition) is 1. The normalized spacial score (nSPS) is 10.4. The number of aliphatic carboxylic acids is 1. The summed E-state index contributed by atoms with van der Waals surface area (Å²) < 4.78 is 4.97. The van der Waals surface area contributed by atoms with E-state index in [1.54, 1.807) is 0 Å². The SMILES string of the molecule is O=C(O)COCc1csc(-c2ccccc2)n1. The summed E-state index contributed by atoms with van der Waals surface area (Å²) in [4.78, 5) is 14.7. The zero-order valence-corrected chi connectivity index (χ0v) is 9.81. The highest BCUT2D eigenvalue weighted by molar-refractivity contribution is 7.13. The fourth-order valence-electron chi connectivity index (χ4n) is 1.33. The molecule has 88 valence electrons. The van der Waals surface area contributed by atoms with Crippen molar-refractivity contribution in [3.05, 3.63) is 41.4 Å². The van der Waals surface area contributed by atoms with Crippen molar-refractivity contribution >= 4 is 17.3 Å². The maximum Gasteiger partial charge on any atom is 0.329 e. The van der Waals surface area contributed by atoms with Gasteiger partial charge in [0.1, 0.15) is 11.6 Å². The second-order valence-electron chi connectivity index (χ2n) is 3.40. The van der Waals surface area contributed by atoms with Gasteiger partial charge in [0.2, 0.25) is 0 Å². The number of nitrogens with zero attached hydrogens (tertiary/aromatic N) is 1. The quantitative estimate of drug-likeness (QED) is 0.884. The number of carboxylic acid groups (broad SMARTS) is 1. The first-order valence-corrected chi connectivity index (χ1v) is 5.93. The van der Waals surface area contributed by atoms with E-state index in [-0.39, 0.29) is 13.2 Å². The minimum absolute atomic E-state index is 0.232. The Kier molecular flexibility index (Phi) is 3.85. The fourth-order valence-corrected chi connectivity index (χ4v) is 2.14. The highest BCUT2D eigenvalue weighted by atomic mass is 32.1. The summed E-state index contributed by atoms with van der Waals surface area (Å²) in [6.45, 7) is -0.0617. The van der Waals surface area contributed by atoms with Crippen molar-refractivity contribution in [3.8, 4) is 10.6 Å². The topological polar surface area (TPSA) is 59.4 Å². The molecule has 0 bridgehead atoms. The molecule has 1 heterocycles. The average Bonchev–Trinajstić information content (AvgIpc) is 2.78. The van der Waals surface area contributed by atoms with Crippen molar-refractivity contribution in [2.45, 2.75) is 6.61 Å². The minimum atomic E-state index is -0.969. The number of carboxylic acids is 1. The van der Waals surface area contributed by atoms with E-state index in [0.717, 1.165) is 16.3 Å². The molecule has 0 aliphatic carbocycles. The molecule has 0 saturated carbocycles. The van der Waals surface area contributed by atoms with E-state index < -0.39 is 5.97 Å². The van der Waals surface area contributed by atoms with Gasteiger partial charge in [0.15, 0.2) is 0 Å². The predicted octanol–water partition coefficient (Wildman–Crippen LogP) is 2.41. The van der Waals surface area contributed by atoms with Gasteiger partial charge in [0, 0.05) is 10.9 Å². The summed E-state index contributed by atoms with van der Waals surface area (Å²) in [5.74, 6) is -0.969. The van der Waals surface area contributed by atoms with E-state index in [9.17, 15) is 4.79 Å². The van der Waals surface area contributed by atoms with Crippen LogP contribution in [-0.2, 0) is 16.1 Å². The second-order valence-corrected chi connectivity index (χ2v) is 4.25. The van der Waals surface area contributed by atoms with Crippen LogP contribution in [0.4, 0.5) is 0 Å². The summed E-state index contributed by atoms with van der Waals surface area (Å²) in [6, 6.07) is 9.84. The molecule has 5 heteroatoms. The third-order valence-electron chi connectivity index (χ3n) is 2.05. The van der Waals surface area contributed by atoms with E-state index in [1.165, 1.54) is 11.3 Å². The molecule has 0 aliphatic rings. The van der Waals surface area contributed by atoms with E-state index in [4.69, 9.17) is 9.84 Å². The molecule has 0 fully saturated rings. The molecule has 0 atom stereocenters. The standard InChI is InChI=1S/C12H11NO3S/c14-11(15)7-16-6-10-8-17-12(13-10)9-4-2-1-3-5-9/h1-5,8H,6-7H2,(H,14,15). The number of aromatic nitrogens is 1. The van der Waals surface area contributed by atoms with Crippen LogP contribution >= 0.6 is 11.3 Å². The lowest BCUT2D eigenvalue weighted by molar-refractivity contribution is -0.142. The molecule has 2 rings (SSSR count). The summed E-state index contributed by atoms with van der Waals surface area (Å²) in [5.41, 5.74) is 1.82. The van der Waals surface area contributed by atoms with Crippen LogP contribution in [0.1, 0.15) is 5.69 Å². The summed E-state index contributed by atoms with van der Waals surface area (Å²) in [5, 5.41) is 11.2. The Balaban J connectivity index is 1.99. The van der Waals surface area contributed by atoms with E-state index in [1.807, 2.05) is 35.7 Å². The summed E-state index contributed by atoms with van der Waals surface area (Å²) in [6.07, 6.45) is 0. The van der Waals surface area contributed by atoms with Crippen molar-refractivity contribution in [1.82, 2.24) is 4.98 Å². The largest absolute Gasteiger partial charge is 0.480 e. The maximum atomic E-state index is 10.3. The highest BCUT2D eigenvalue weighted by Gasteiger charge is 2.05. The van der Waals surface area contributed by atoms with Crippen LogP contribution in [0.25, 0.3) is 10.6 Å². The maximum absolute atomic E-state index is 10.3. The smallest absolute Gasteiger partial charge is 0.329 e. The van der Waals surface area contributed by atoms with Crippen molar-refractivity contribution in [2.75, 3.05) is 6.61 Å². The third kappa shape index (κ3) is 3.37. The van der Waals surface area contributed by atoms with Gasteiger partial charge in [-0.3, -0.25) is 0 Å². The van der Waals surface area contributed by atoms with Gasteiger partial charge < -0.3 is 9.84 Å². The summed E-state index contributed by atoms with van der Waals surface area (Å²) >= 11 is 1.52. The van der Waals surface area contributed by atoms with E-state index in [2.05, 4.69) is 4.98 Å². The van der Waals surface area contributed by atoms with Crippen LogP contribution in [0.15, 0.2) is 35.7 Å². The molecule has 0 aliphatic heterocycles.